The minimum atomic E-state index is -0.556. The maximum absolute atomic E-state index is 11.0. The van der Waals surface area contributed by atoms with Gasteiger partial charge >= 0.3 is 5.97 Å². The molecule has 2 rings (SSSR count). The van der Waals surface area contributed by atoms with E-state index in [1.165, 1.54) is 17.9 Å². The number of carbonyl (C=O) groups is 1. The summed E-state index contributed by atoms with van der Waals surface area (Å²) in [5.74, 6) is 3.05. The fourth-order valence-corrected chi connectivity index (χ4v) is 3.42. The van der Waals surface area contributed by atoms with E-state index in [4.69, 9.17) is 5.11 Å². The third-order valence-corrected chi connectivity index (χ3v) is 4.35. The summed E-state index contributed by atoms with van der Waals surface area (Å²) in [5, 5.41) is 9.04. The molecule has 1 aliphatic carbocycles. The zero-order valence-corrected chi connectivity index (χ0v) is 8.55. The molecule has 2 unspecified atom stereocenters. The largest absolute Gasteiger partial charge is 0.481 e. The Balaban J connectivity index is 1.84. The maximum atomic E-state index is 11.0. The van der Waals surface area contributed by atoms with Crippen LogP contribution in [0, 0.1) is 17.8 Å². The summed E-state index contributed by atoms with van der Waals surface area (Å²) in [5.41, 5.74) is 0. The molecule has 2 fully saturated rings. The Morgan fingerprint density at radius 2 is 2.23 bits per heavy atom. The van der Waals surface area contributed by atoms with Gasteiger partial charge in [0.2, 0.25) is 0 Å². The Bertz CT molecular complexity index is 195. The van der Waals surface area contributed by atoms with E-state index in [0.717, 1.165) is 19.3 Å². The van der Waals surface area contributed by atoms with Gasteiger partial charge in [-0.15, -0.1) is 0 Å². The third kappa shape index (κ3) is 2.39. The van der Waals surface area contributed by atoms with Crippen LogP contribution in [0.2, 0.25) is 0 Å². The first-order valence-corrected chi connectivity index (χ1v) is 6.23. The fraction of sp³-hybridized carbons (Fsp3) is 0.900. The molecule has 74 valence electrons. The lowest BCUT2D eigenvalue weighted by molar-refractivity contribution is -0.143. The SMILES string of the molecule is O=C(O)C(CC1CCSC1)C1CC1. The van der Waals surface area contributed by atoms with Gasteiger partial charge in [0.1, 0.15) is 0 Å². The van der Waals surface area contributed by atoms with Crippen LogP contribution in [0.25, 0.3) is 0 Å². The van der Waals surface area contributed by atoms with Gasteiger partial charge in [-0.05, 0) is 49.0 Å². The van der Waals surface area contributed by atoms with E-state index in [2.05, 4.69) is 0 Å². The Morgan fingerprint density at radius 3 is 2.69 bits per heavy atom. The Hall–Kier alpha value is -0.180. The summed E-state index contributed by atoms with van der Waals surface area (Å²) in [6.07, 6.45) is 4.47. The molecule has 1 heterocycles. The first kappa shape index (κ1) is 9.38. The van der Waals surface area contributed by atoms with E-state index >= 15 is 0 Å². The van der Waals surface area contributed by atoms with Gasteiger partial charge < -0.3 is 5.11 Å². The second-order valence-electron chi connectivity index (χ2n) is 4.25. The van der Waals surface area contributed by atoms with Crippen LogP contribution in [-0.4, -0.2) is 22.6 Å². The van der Waals surface area contributed by atoms with Gasteiger partial charge in [0, 0.05) is 0 Å². The smallest absolute Gasteiger partial charge is 0.306 e. The lowest BCUT2D eigenvalue weighted by atomic mass is 9.90. The molecule has 2 atom stereocenters. The Kier molecular flexibility index (Phi) is 2.82. The summed E-state index contributed by atoms with van der Waals surface area (Å²) in [7, 11) is 0. The van der Waals surface area contributed by atoms with Crippen molar-refractivity contribution in [3.05, 3.63) is 0 Å². The zero-order chi connectivity index (χ0) is 9.26. The average molecular weight is 200 g/mol. The molecule has 1 aliphatic heterocycles. The first-order valence-electron chi connectivity index (χ1n) is 5.08. The minimum Gasteiger partial charge on any atom is -0.481 e. The highest BCUT2D eigenvalue weighted by molar-refractivity contribution is 7.99. The highest BCUT2D eigenvalue weighted by atomic mass is 32.2. The first-order chi connectivity index (χ1) is 6.27. The van der Waals surface area contributed by atoms with Crippen LogP contribution < -0.4 is 0 Å². The van der Waals surface area contributed by atoms with Gasteiger partial charge in [0.05, 0.1) is 5.92 Å². The second kappa shape index (κ2) is 3.91. The molecule has 0 spiro atoms. The van der Waals surface area contributed by atoms with Gasteiger partial charge in [0.15, 0.2) is 0 Å². The average Bonchev–Trinajstić information content (AvgIpc) is 2.79. The number of aliphatic carboxylic acids is 1. The van der Waals surface area contributed by atoms with Crippen LogP contribution >= 0.6 is 11.8 Å². The summed E-state index contributed by atoms with van der Waals surface area (Å²) in [6, 6.07) is 0. The van der Waals surface area contributed by atoms with Crippen LogP contribution in [0.15, 0.2) is 0 Å². The molecule has 1 N–H and O–H groups in total. The van der Waals surface area contributed by atoms with E-state index in [9.17, 15) is 4.79 Å². The molecule has 0 amide bonds. The zero-order valence-electron chi connectivity index (χ0n) is 7.74. The third-order valence-electron chi connectivity index (χ3n) is 3.12. The summed E-state index contributed by atoms with van der Waals surface area (Å²) in [4.78, 5) is 11.0. The van der Waals surface area contributed by atoms with Crippen LogP contribution in [0.1, 0.15) is 25.7 Å². The number of thioether (sulfide) groups is 1. The van der Waals surface area contributed by atoms with E-state index in [1.54, 1.807) is 0 Å². The van der Waals surface area contributed by atoms with Crippen molar-refractivity contribution in [2.24, 2.45) is 17.8 Å². The second-order valence-corrected chi connectivity index (χ2v) is 5.40. The van der Waals surface area contributed by atoms with Crippen LogP contribution in [-0.2, 0) is 4.79 Å². The Morgan fingerprint density at radius 1 is 1.46 bits per heavy atom. The van der Waals surface area contributed by atoms with Gasteiger partial charge in [-0.2, -0.15) is 11.8 Å². The molecule has 1 saturated heterocycles. The van der Waals surface area contributed by atoms with Crippen molar-refractivity contribution in [2.45, 2.75) is 25.7 Å². The van der Waals surface area contributed by atoms with Crippen LogP contribution in [0.3, 0.4) is 0 Å². The van der Waals surface area contributed by atoms with E-state index in [0.29, 0.717) is 11.8 Å². The molecule has 0 aromatic heterocycles. The van der Waals surface area contributed by atoms with Gasteiger partial charge in [-0.1, -0.05) is 0 Å². The van der Waals surface area contributed by atoms with Crippen molar-refractivity contribution in [1.29, 1.82) is 0 Å². The van der Waals surface area contributed by atoms with E-state index < -0.39 is 5.97 Å². The van der Waals surface area contributed by atoms with E-state index in [-0.39, 0.29) is 5.92 Å². The number of hydrogen-bond donors (Lipinski definition) is 1. The van der Waals surface area contributed by atoms with Crippen molar-refractivity contribution < 1.29 is 9.90 Å². The standard InChI is InChI=1S/C10H16O2S/c11-10(12)9(8-1-2-8)5-7-3-4-13-6-7/h7-9H,1-6H2,(H,11,12). The Labute approximate surface area is 83.1 Å². The van der Waals surface area contributed by atoms with Crippen molar-refractivity contribution in [1.82, 2.24) is 0 Å². The maximum Gasteiger partial charge on any atom is 0.306 e. The molecule has 0 aromatic rings. The number of carboxylic acid groups (broad SMARTS) is 1. The highest BCUT2D eigenvalue weighted by Gasteiger charge is 2.37. The summed E-state index contributed by atoms with van der Waals surface area (Å²) >= 11 is 1.98. The summed E-state index contributed by atoms with van der Waals surface area (Å²) in [6.45, 7) is 0. The van der Waals surface area contributed by atoms with Crippen molar-refractivity contribution >= 4 is 17.7 Å². The molecule has 0 bridgehead atoms. The molecule has 0 aromatic carbocycles. The van der Waals surface area contributed by atoms with Crippen molar-refractivity contribution in [3.8, 4) is 0 Å². The predicted octanol–water partition coefficient (Wildman–Crippen LogP) is 2.24. The van der Waals surface area contributed by atoms with E-state index in [1.807, 2.05) is 11.8 Å². The van der Waals surface area contributed by atoms with Crippen molar-refractivity contribution in [2.75, 3.05) is 11.5 Å². The predicted molar refractivity (Wildman–Crippen MR) is 53.9 cm³/mol. The van der Waals surface area contributed by atoms with Gasteiger partial charge in [0.25, 0.3) is 0 Å². The normalized spacial score (nSPS) is 30.3. The molecular formula is C10H16O2S. The molecule has 2 nitrogen and oxygen atoms in total. The summed E-state index contributed by atoms with van der Waals surface area (Å²) < 4.78 is 0. The monoisotopic (exact) mass is 200 g/mol. The number of rotatable bonds is 4. The lowest BCUT2D eigenvalue weighted by Gasteiger charge is -2.15. The van der Waals surface area contributed by atoms with Gasteiger partial charge in [-0.3, -0.25) is 4.79 Å². The minimum absolute atomic E-state index is 0.0244. The molecule has 2 aliphatic rings. The molecule has 13 heavy (non-hydrogen) atoms. The molecule has 1 saturated carbocycles. The fourth-order valence-electron chi connectivity index (χ4n) is 2.12. The molecular weight excluding hydrogens is 184 g/mol. The lowest BCUT2D eigenvalue weighted by Crippen LogP contribution is -2.19. The topological polar surface area (TPSA) is 37.3 Å². The number of carboxylic acids is 1. The van der Waals surface area contributed by atoms with Crippen LogP contribution in [0.5, 0.6) is 0 Å². The van der Waals surface area contributed by atoms with Crippen LogP contribution in [0.4, 0.5) is 0 Å². The van der Waals surface area contributed by atoms with Crippen molar-refractivity contribution in [3.63, 3.8) is 0 Å². The van der Waals surface area contributed by atoms with Gasteiger partial charge in [-0.25, -0.2) is 0 Å². The quantitative estimate of drug-likeness (QED) is 0.756. The number of hydrogen-bond acceptors (Lipinski definition) is 2. The highest BCUT2D eigenvalue weighted by Crippen LogP contribution is 2.42. The molecule has 0 radical (unpaired) electrons. The molecule has 3 heteroatoms.